The van der Waals surface area contributed by atoms with Gasteiger partial charge in [0.25, 0.3) is 5.69 Å². The molecule has 0 aliphatic rings. The Hall–Kier alpha value is -2.15. The van der Waals surface area contributed by atoms with Crippen LogP contribution in [0.1, 0.15) is 13.8 Å². The average molecular weight is 310 g/mol. The Morgan fingerprint density at radius 3 is 2.33 bits per heavy atom. The number of nitro benzene ring substituents is 1. The van der Waals surface area contributed by atoms with Crippen LogP contribution in [0.15, 0.2) is 53.6 Å². The van der Waals surface area contributed by atoms with Crippen LogP contribution in [-0.4, -0.2) is 30.7 Å². The highest BCUT2D eigenvalue weighted by Crippen LogP contribution is 2.21. The molecule has 1 aromatic rings. The lowest BCUT2D eigenvalue weighted by atomic mass is 10.3. The van der Waals surface area contributed by atoms with Gasteiger partial charge in [-0.15, -0.1) is 0 Å². The molecule has 7 heteroatoms. The smallest absolute Gasteiger partial charge is 0.269 e. The van der Waals surface area contributed by atoms with E-state index in [1.165, 1.54) is 24.3 Å². The first-order valence-electron chi connectivity index (χ1n) is 6.21. The van der Waals surface area contributed by atoms with Gasteiger partial charge in [-0.2, -0.15) is 0 Å². The predicted molar refractivity (Wildman–Crippen MR) is 81.5 cm³/mol. The van der Waals surface area contributed by atoms with Crippen LogP contribution in [0, 0.1) is 10.1 Å². The molecule has 0 fully saturated rings. The molecule has 6 nitrogen and oxygen atoms in total. The van der Waals surface area contributed by atoms with Gasteiger partial charge in [-0.25, -0.2) is 8.42 Å². The molecule has 0 saturated heterocycles. The van der Waals surface area contributed by atoms with Crippen LogP contribution < -0.4 is 0 Å². The van der Waals surface area contributed by atoms with Crippen molar-refractivity contribution in [2.24, 2.45) is 0 Å². The zero-order valence-electron chi connectivity index (χ0n) is 12.2. The first-order chi connectivity index (χ1) is 9.70. The number of nitro groups is 1. The maximum Gasteiger partial charge on any atom is 0.269 e. The molecule has 0 bridgehead atoms. The Morgan fingerprint density at radius 2 is 1.90 bits per heavy atom. The second kappa shape index (κ2) is 6.53. The van der Waals surface area contributed by atoms with Gasteiger partial charge in [0.2, 0.25) is 0 Å². The van der Waals surface area contributed by atoms with E-state index < -0.39 is 20.1 Å². The third kappa shape index (κ3) is 3.91. The topological polar surface area (TPSA) is 80.5 Å². The second-order valence-electron chi connectivity index (χ2n) is 4.64. The maximum atomic E-state index is 12.5. The van der Waals surface area contributed by atoms with Gasteiger partial charge < -0.3 is 4.90 Å². The van der Waals surface area contributed by atoms with E-state index in [1.54, 1.807) is 31.1 Å². The van der Waals surface area contributed by atoms with Crippen LogP contribution in [0.3, 0.4) is 0 Å². The minimum atomic E-state index is -3.61. The summed E-state index contributed by atoms with van der Waals surface area (Å²) in [6.07, 6.45) is 3.31. The van der Waals surface area contributed by atoms with E-state index in [4.69, 9.17) is 0 Å². The van der Waals surface area contributed by atoms with Gasteiger partial charge in [0.15, 0.2) is 9.84 Å². The zero-order valence-corrected chi connectivity index (χ0v) is 13.0. The maximum absolute atomic E-state index is 12.5. The molecule has 0 heterocycles. The van der Waals surface area contributed by atoms with Crippen LogP contribution >= 0.6 is 0 Å². The van der Waals surface area contributed by atoms with Gasteiger partial charge in [-0.3, -0.25) is 10.1 Å². The Bertz CT molecular complexity index is 663. The van der Waals surface area contributed by atoms with E-state index in [1.807, 2.05) is 6.92 Å². The Balaban J connectivity index is 3.10. The van der Waals surface area contributed by atoms with Crippen LogP contribution in [-0.2, 0) is 9.84 Å². The van der Waals surface area contributed by atoms with E-state index in [0.717, 1.165) is 5.57 Å². The SMILES string of the molecule is C=C/C(C)=C\N(C)C(C)S(=O)(=O)c1ccc([N+](=O)[O-])cc1. The van der Waals surface area contributed by atoms with Crippen molar-refractivity contribution in [1.82, 2.24) is 4.90 Å². The summed E-state index contributed by atoms with van der Waals surface area (Å²) in [5.41, 5.74) is 0.695. The minimum Gasteiger partial charge on any atom is -0.364 e. The summed E-state index contributed by atoms with van der Waals surface area (Å²) in [6, 6.07) is 4.87. The molecule has 0 aromatic heterocycles. The van der Waals surface area contributed by atoms with Crippen molar-refractivity contribution >= 4 is 15.5 Å². The number of allylic oxidation sites excluding steroid dienone is 2. The highest BCUT2D eigenvalue weighted by Gasteiger charge is 2.26. The quantitative estimate of drug-likeness (QED) is 0.458. The number of nitrogens with zero attached hydrogens (tertiary/aromatic N) is 2. The lowest BCUT2D eigenvalue weighted by Gasteiger charge is -2.23. The van der Waals surface area contributed by atoms with Crippen molar-refractivity contribution < 1.29 is 13.3 Å². The number of hydrogen-bond donors (Lipinski definition) is 0. The van der Waals surface area contributed by atoms with Crippen LogP contribution in [0.2, 0.25) is 0 Å². The molecule has 0 aliphatic carbocycles. The van der Waals surface area contributed by atoms with E-state index in [0.29, 0.717) is 0 Å². The van der Waals surface area contributed by atoms with Gasteiger partial charge in [-0.1, -0.05) is 12.7 Å². The molecule has 0 aliphatic heterocycles. The monoisotopic (exact) mass is 310 g/mol. The fourth-order valence-corrected chi connectivity index (χ4v) is 3.06. The molecule has 0 spiro atoms. The molecule has 0 saturated carbocycles. The molecule has 1 unspecified atom stereocenters. The van der Waals surface area contributed by atoms with Crippen molar-refractivity contribution in [3.63, 3.8) is 0 Å². The van der Waals surface area contributed by atoms with E-state index in [9.17, 15) is 18.5 Å². The summed E-state index contributed by atoms with van der Waals surface area (Å²) < 4.78 is 24.9. The average Bonchev–Trinajstić information content (AvgIpc) is 2.46. The summed E-state index contributed by atoms with van der Waals surface area (Å²) in [5.74, 6) is 0. The Labute approximate surface area is 124 Å². The second-order valence-corrected chi connectivity index (χ2v) is 6.88. The first-order valence-corrected chi connectivity index (χ1v) is 7.76. The lowest BCUT2D eigenvalue weighted by molar-refractivity contribution is -0.384. The van der Waals surface area contributed by atoms with Crippen LogP contribution in [0.25, 0.3) is 0 Å². The summed E-state index contributed by atoms with van der Waals surface area (Å²) >= 11 is 0. The first kappa shape index (κ1) is 16.9. The summed E-state index contributed by atoms with van der Waals surface area (Å²) in [4.78, 5) is 11.6. The summed E-state index contributed by atoms with van der Waals surface area (Å²) in [5, 5.41) is 9.79. The molecule has 0 N–H and O–H groups in total. The van der Waals surface area contributed by atoms with Gasteiger partial charge in [0.05, 0.1) is 9.82 Å². The van der Waals surface area contributed by atoms with Crippen LogP contribution in [0.4, 0.5) is 5.69 Å². The molecule has 21 heavy (non-hydrogen) atoms. The van der Waals surface area contributed by atoms with Gasteiger partial charge in [-0.05, 0) is 31.6 Å². The molecule has 114 valence electrons. The number of sulfone groups is 1. The number of non-ortho nitro benzene ring substituents is 1. The third-order valence-corrected chi connectivity index (χ3v) is 5.29. The highest BCUT2D eigenvalue weighted by atomic mass is 32.2. The molecule has 1 aromatic carbocycles. The van der Waals surface area contributed by atoms with Crippen molar-refractivity contribution in [3.8, 4) is 0 Å². The molecule has 0 radical (unpaired) electrons. The van der Waals surface area contributed by atoms with Crippen molar-refractivity contribution in [2.45, 2.75) is 24.1 Å². The van der Waals surface area contributed by atoms with Crippen molar-refractivity contribution in [2.75, 3.05) is 7.05 Å². The van der Waals surface area contributed by atoms with Crippen molar-refractivity contribution in [1.29, 1.82) is 0 Å². The third-order valence-electron chi connectivity index (χ3n) is 3.13. The molecule has 0 amide bonds. The number of rotatable bonds is 6. The van der Waals surface area contributed by atoms with E-state index in [2.05, 4.69) is 6.58 Å². The molecule has 1 atom stereocenters. The minimum absolute atomic E-state index is 0.0529. The predicted octanol–water partition coefficient (Wildman–Crippen LogP) is 2.74. The Kier molecular flexibility index (Phi) is 5.26. The van der Waals surface area contributed by atoms with Crippen LogP contribution in [0.5, 0.6) is 0 Å². The Morgan fingerprint density at radius 1 is 1.38 bits per heavy atom. The largest absolute Gasteiger partial charge is 0.364 e. The molecular weight excluding hydrogens is 292 g/mol. The number of benzene rings is 1. The molecular formula is C14H18N2O4S. The van der Waals surface area contributed by atoms with Crippen molar-refractivity contribution in [3.05, 3.63) is 58.8 Å². The van der Waals surface area contributed by atoms with Gasteiger partial charge in [0.1, 0.15) is 5.37 Å². The number of hydrogen-bond acceptors (Lipinski definition) is 5. The fraction of sp³-hybridized carbons (Fsp3) is 0.286. The normalized spacial score (nSPS) is 13.6. The fourth-order valence-electron chi connectivity index (χ4n) is 1.65. The summed E-state index contributed by atoms with van der Waals surface area (Å²) in [6.45, 7) is 6.98. The van der Waals surface area contributed by atoms with E-state index >= 15 is 0 Å². The molecule has 1 rings (SSSR count). The lowest BCUT2D eigenvalue weighted by Crippen LogP contribution is -2.32. The van der Waals surface area contributed by atoms with Gasteiger partial charge in [0, 0.05) is 25.4 Å². The standard InChI is InChI=1S/C14H18N2O4S/c1-5-11(2)10-15(4)12(3)21(19,20)14-8-6-13(7-9-14)16(17)18/h5-10,12H,1H2,2-4H3/b11-10-. The van der Waals surface area contributed by atoms with Gasteiger partial charge >= 0.3 is 0 Å². The summed E-state index contributed by atoms with van der Waals surface area (Å²) in [7, 11) is -1.96. The van der Waals surface area contributed by atoms with E-state index in [-0.39, 0.29) is 10.6 Å². The highest BCUT2D eigenvalue weighted by molar-refractivity contribution is 7.92. The zero-order chi connectivity index (χ0) is 16.2.